The highest BCUT2D eigenvalue weighted by Gasteiger charge is 2.25. The van der Waals surface area contributed by atoms with Gasteiger partial charge in [0.05, 0.1) is 31.9 Å². The molecular formula is C15H19N3O5. The molecule has 0 saturated carbocycles. The summed E-state index contributed by atoms with van der Waals surface area (Å²) in [6.45, 7) is 4.60. The van der Waals surface area contributed by atoms with Gasteiger partial charge in [0.1, 0.15) is 11.6 Å². The number of ether oxygens (including phenoxy) is 3. The third-order valence-electron chi connectivity index (χ3n) is 3.58. The van der Waals surface area contributed by atoms with Gasteiger partial charge < -0.3 is 14.2 Å². The molecule has 1 aromatic carbocycles. The second-order valence-corrected chi connectivity index (χ2v) is 5.02. The monoisotopic (exact) mass is 321 g/mol. The number of rotatable bonds is 7. The standard InChI is InChI=1S/C15H19N3O5/c1-21-15-13(4-3-12(11-16)14(15)18(19)20)23-8-2-5-17-6-9-22-10-7-17/h3-4H,2,5-10H2,1H3. The number of morpholine rings is 1. The lowest BCUT2D eigenvalue weighted by Crippen LogP contribution is -2.37. The van der Waals surface area contributed by atoms with Crippen LogP contribution in [-0.2, 0) is 4.74 Å². The Kier molecular flexibility index (Phi) is 6.14. The lowest BCUT2D eigenvalue weighted by Gasteiger charge is -2.26. The van der Waals surface area contributed by atoms with Crippen LogP contribution < -0.4 is 9.47 Å². The van der Waals surface area contributed by atoms with Gasteiger partial charge in [-0.25, -0.2) is 0 Å². The summed E-state index contributed by atoms with van der Waals surface area (Å²) in [6.07, 6.45) is 0.789. The molecule has 1 aliphatic heterocycles. The number of benzene rings is 1. The van der Waals surface area contributed by atoms with Gasteiger partial charge in [0, 0.05) is 19.6 Å². The van der Waals surface area contributed by atoms with E-state index in [1.54, 1.807) is 6.07 Å². The molecule has 1 aliphatic rings. The maximum Gasteiger partial charge on any atom is 0.332 e. The zero-order valence-corrected chi connectivity index (χ0v) is 13.0. The van der Waals surface area contributed by atoms with Crippen LogP contribution in [0.2, 0.25) is 0 Å². The van der Waals surface area contributed by atoms with Crippen molar-refractivity contribution in [3.8, 4) is 17.6 Å². The fourth-order valence-corrected chi connectivity index (χ4v) is 2.43. The molecule has 0 amide bonds. The minimum absolute atomic E-state index is 0.0135. The Morgan fingerprint density at radius 1 is 1.43 bits per heavy atom. The van der Waals surface area contributed by atoms with Crippen molar-refractivity contribution in [2.45, 2.75) is 6.42 Å². The molecule has 0 unspecified atom stereocenters. The number of hydrogen-bond acceptors (Lipinski definition) is 7. The second-order valence-electron chi connectivity index (χ2n) is 5.02. The van der Waals surface area contributed by atoms with Gasteiger partial charge in [-0.3, -0.25) is 15.0 Å². The van der Waals surface area contributed by atoms with E-state index in [1.807, 2.05) is 0 Å². The van der Waals surface area contributed by atoms with E-state index in [4.69, 9.17) is 19.5 Å². The van der Waals surface area contributed by atoms with Crippen molar-refractivity contribution >= 4 is 5.69 Å². The Morgan fingerprint density at radius 2 is 2.17 bits per heavy atom. The van der Waals surface area contributed by atoms with E-state index in [-0.39, 0.29) is 22.7 Å². The number of nitro benzene ring substituents is 1. The second kappa shape index (κ2) is 8.31. The van der Waals surface area contributed by atoms with Crippen LogP contribution >= 0.6 is 0 Å². The van der Waals surface area contributed by atoms with Gasteiger partial charge in [-0.1, -0.05) is 0 Å². The van der Waals surface area contributed by atoms with Gasteiger partial charge in [0.15, 0.2) is 5.75 Å². The van der Waals surface area contributed by atoms with Gasteiger partial charge in [-0.2, -0.15) is 5.26 Å². The first-order chi connectivity index (χ1) is 11.2. The molecule has 2 rings (SSSR count). The normalized spacial score (nSPS) is 15.0. The molecule has 8 nitrogen and oxygen atoms in total. The summed E-state index contributed by atoms with van der Waals surface area (Å²) < 4.78 is 16.0. The highest BCUT2D eigenvalue weighted by atomic mass is 16.6. The van der Waals surface area contributed by atoms with Crippen molar-refractivity contribution < 1.29 is 19.1 Å². The molecule has 1 aromatic rings. The average Bonchev–Trinajstić information content (AvgIpc) is 2.58. The largest absolute Gasteiger partial charge is 0.489 e. The van der Waals surface area contributed by atoms with Crippen LogP contribution in [0.15, 0.2) is 12.1 Å². The zero-order chi connectivity index (χ0) is 16.7. The summed E-state index contributed by atoms with van der Waals surface area (Å²) >= 11 is 0. The number of nitrogens with zero attached hydrogens (tertiary/aromatic N) is 3. The van der Waals surface area contributed by atoms with Crippen molar-refractivity contribution in [1.82, 2.24) is 4.90 Å². The Hall–Kier alpha value is -2.37. The first kappa shape index (κ1) is 17.0. The van der Waals surface area contributed by atoms with Crippen LogP contribution in [0.25, 0.3) is 0 Å². The van der Waals surface area contributed by atoms with Crippen molar-refractivity contribution in [3.05, 3.63) is 27.8 Å². The lowest BCUT2D eigenvalue weighted by atomic mass is 10.1. The highest BCUT2D eigenvalue weighted by Crippen LogP contribution is 2.39. The highest BCUT2D eigenvalue weighted by molar-refractivity contribution is 5.64. The van der Waals surface area contributed by atoms with Crippen LogP contribution in [0.5, 0.6) is 11.5 Å². The molecule has 0 aliphatic carbocycles. The summed E-state index contributed by atoms with van der Waals surface area (Å²) in [7, 11) is 1.32. The molecule has 0 aromatic heterocycles. The van der Waals surface area contributed by atoms with E-state index in [0.717, 1.165) is 39.3 Å². The molecular weight excluding hydrogens is 302 g/mol. The van der Waals surface area contributed by atoms with Crippen molar-refractivity contribution in [2.24, 2.45) is 0 Å². The maximum absolute atomic E-state index is 11.1. The lowest BCUT2D eigenvalue weighted by molar-refractivity contribution is -0.386. The van der Waals surface area contributed by atoms with Crippen molar-refractivity contribution in [3.63, 3.8) is 0 Å². The molecule has 0 spiro atoms. The van der Waals surface area contributed by atoms with E-state index in [1.165, 1.54) is 19.2 Å². The smallest absolute Gasteiger partial charge is 0.332 e. The Labute approximate surface area is 134 Å². The molecule has 0 atom stereocenters. The van der Waals surface area contributed by atoms with E-state index >= 15 is 0 Å². The molecule has 0 radical (unpaired) electrons. The molecule has 0 N–H and O–H groups in total. The molecule has 1 fully saturated rings. The van der Waals surface area contributed by atoms with Crippen molar-refractivity contribution in [2.75, 3.05) is 46.6 Å². The van der Waals surface area contributed by atoms with E-state index in [2.05, 4.69) is 4.90 Å². The van der Waals surface area contributed by atoms with E-state index < -0.39 is 4.92 Å². The number of nitro groups is 1. The van der Waals surface area contributed by atoms with Crippen LogP contribution in [0.3, 0.4) is 0 Å². The van der Waals surface area contributed by atoms with Gasteiger partial charge >= 0.3 is 5.69 Å². The summed E-state index contributed by atoms with van der Waals surface area (Å²) in [4.78, 5) is 12.8. The molecule has 8 heteroatoms. The van der Waals surface area contributed by atoms with Gasteiger partial charge in [0.25, 0.3) is 0 Å². The third-order valence-corrected chi connectivity index (χ3v) is 3.58. The fraction of sp³-hybridized carbons (Fsp3) is 0.533. The van der Waals surface area contributed by atoms with Gasteiger partial charge in [-0.15, -0.1) is 0 Å². The predicted octanol–water partition coefficient (Wildman–Crippen LogP) is 1.58. The Morgan fingerprint density at radius 3 is 2.78 bits per heavy atom. The minimum atomic E-state index is -0.627. The predicted molar refractivity (Wildman–Crippen MR) is 81.7 cm³/mol. The van der Waals surface area contributed by atoms with Crippen LogP contribution in [0.1, 0.15) is 12.0 Å². The molecule has 1 saturated heterocycles. The minimum Gasteiger partial charge on any atom is -0.489 e. The Balaban J connectivity index is 1.98. The van der Waals surface area contributed by atoms with Gasteiger partial charge in [0.2, 0.25) is 5.75 Å². The van der Waals surface area contributed by atoms with Crippen LogP contribution in [0.4, 0.5) is 5.69 Å². The SMILES string of the molecule is COc1c(OCCCN2CCOCC2)ccc(C#N)c1[N+](=O)[O-]. The topological polar surface area (TPSA) is 97.9 Å². The average molecular weight is 321 g/mol. The first-order valence-corrected chi connectivity index (χ1v) is 7.35. The molecule has 0 bridgehead atoms. The number of hydrogen-bond donors (Lipinski definition) is 0. The maximum atomic E-state index is 11.1. The molecule has 124 valence electrons. The van der Waals surface area contributed by atoms with E-state index in [9.17, 15) is 10.1 Å². The third kappa shape index (κ3) is 4.31. The summed E-state index contributed by atoms with van der Waals surface area (Å²) in [5, 5.41) is 20.1. The summed E-state index contributed by atoms with van der Waals surface area (Å²) in [6, 6.07) is 4.69. The number of methoxy groups -OCH3 is 1. The van der Waals surface area contributed by atoms with E-state index in [0.29, 0.717) is 6.61 Å². The number of nitriles is 1. The van der Waals surface area contributed by atoms with Crippen LogP contribution in [-0.4, -0.2) is 56.4 Å². The Bertz CT molecular complexity index is 594. The molecule has 23 heavy (non-hydrogen) atoms. The molecule has 1 heterocycles. The first-order valence-electron chi connectivity index (χ1n) is 7.35. The summed E-state index contributed by atoms with van der Waals surface area (Å²) in [5.74, 6) is 0.264. The van der Waals surface area contributed by atoms with Crippen molar-refractivity contribution in [1.29, 1.82) is 5.26 Å². The van der Waals surface area contributed by atoms with Gasteiger partial charge in [-0.05, 0) is 18.6 Å². The quantitative estimate of drug-likeness (QED) is 0.427. The fourth-order valence-electron chi connectivity index (χ4n) is 2.43. The van der Waals surface area contributed by atoms with Crippen LogP contribution in [0, 0.1) is 21.4 Å². The summed E-state index contributed by atoms with van der Waals surface area (Å²) in [5.41, 5.74) is -0.409. The zero-order valence-electron chi connectivity index (χ0n) is 13.0.